The van der Waals surface area contributed by atoms with Crippen LogP contribution in [0.4, 0.5) is 24.5 Å². The quantitative estimate of drug-likeness (QED) is 0.184. The van der Waals surface area contributed by atoms with Crippen LogP contribution in [-0.4, -0.2) is 46.7 Å². The molecule has 3 aromatic carbocycles. The van der Waals surface area contributed by atoms with Crippen LogP contribution < -0.4 is 15.4 Å². The van der Waals surface area contributed by atoms with E-state index < -0.39 is 48.3 Å². The van der Waals surface area contributed by atoms with Crippen LogP contribution in [-0.2, 0) is 9.59 Å². The fraction of sp³-hybridized carbons (Fsp3) is 0.172. The van der Waals surface area contributed by atoms with Gasteiger partial charge in [0.05, 0.1) is 12.1 Å². The Kier molecular flexibility index (Phi) is 8.57. The molecular formula is C29H24F3N5O4. The molecule has 1 aromatic heterocycles. The van der Waals surface area contributed by atoms with Crippen molar-refractivity contribution in [1.29, 1.82) is 0 Å². The molecule has 0 fully saturated rings. The molecular weight excluding hydrogens is 539 g/mol. The number of aromatic amines is 1. The Morgan fingerprint density at radius 2 is 1.61 bits per heavy atom. The smallest absolute Gasteiger partial charge is 0.271 e. The Hall–Kier alpha value is -5.31. The monoisotopic (exact) mass is 563 g/mol. The van der Waals surface area contributed by atoms with Crippen LogP contribution in [0.3, 0.4) is 0 Å². The zero-order chi connectivity index (χ0) is 29.7. The Balaban J connectivity index is 1.47. The van der Waals surface area contributed by atoms with Gasteiger partial charge in [-0.15, -0.1) is 0 Å². The van der Waals surface area contributed by atoms with Crippen LogP contribution in [0.1, 0.15) is 24.3 Å². The molecule has 0 atom stereocenters. The molecule has 0 bridgehead atoms. The van der Waals surface area contributed by atoms with Gasteiger partial charge in [0.2, 0.25) is 17.5 Å². The lowest BCUT2D eigenvalue weighted by molar-refractivity contribution is -0.123. The average Bonchev–Trinajstić information content (AvgIpc) is 3.36. The number of ether oxygens (including phenoxy) is 1. The highest BCUT2D eigenvalue weighted by atomic mass is 19.2. The molecule has 0 aliphatic heterocycles. The number of fused-ring (bicyclic) bond motifs is 1. The Labute approximate surface area is 232 Å². The van der Waals surface area contributed by atoms with Gasteiger partial charge < -0.3 is 25.3 Å². The van der Waals surface area contributed by atoms with E-state index >= 15 is 0 Å². The molecule has 0 aliphatic carbocycles. The van der Waals surface area contributed by atoms with Crippen LogP contribution in [0, 0.1) is 24.0 Å². The highest BCUT2D eigenvalue weighted by molar-refractivity contribution is 6.04. The molecule has 0 saturated heterocycles. The van der Waals surface area contributed by atoms with Crippen LogP contribution in [0.2, 0.25) is 0 Å². The van der Waals surface area contributed by atoms with E-state index in [0.717, 1.165) is 4.90 Å². The highest BCUT2D eigenvalue weighted by Crippen LogP contribution is 2.27. The van der Waals surface area contributed by atoms with Crippen molar-refractivity contribution in [3.05, 3.63) is 95.2 Å². The van der Waals surface area contributed by atoms with Crippen molar-refractivity contribution in [2.75, 3.05) is 18.4 Å². The number of para-hydroxylation sites is 1. The summed E-state index contributed by atoms with van der Waals surface area (Å²) in [5, 5.41) is 5.93. The Morgan fingerprint density at radius 3 is 2.24 bits per heavy atom. The van der Waals surface area contributed by atoms with Gasteiger partial charge >= 0.3 is 0 Å². The first-order chi connectivity index (χ1) is 19.5. The van der Waals surface area contributed by atoms with Gasteiger partial charge in [0, 0.05) is 23.9 Å². The van der Waals surface area contributed by atoms with Gasteiger partial charge in [0.25, 0.3) is 5.91 Å². The highest BCUT2D eigenvalue weighted by Gasteiger charge is 2.24. The van der Waals surface area contributed by atoms with Crippen LogP contribution >= 0.6 is 0 Å². The lowest BCUT2D eigenvalue weighted by atomic mass is 10.2. The molecule has 0 aliphatic rings. The molecule has 4 aromatic rings. The van der Waals surface area contributed by atoms with E-state index in [0.29, 0.717) is 34.4 Å². The molecule has 0 saturated carbocycles. The maximum atomic E-state index is 13.4. The first-order valence-electron chi connectivity index (χ1n) is 12.3. The number of hydrogen-bond acceptors (Lipinski definition) is 4. The molecule has 12 heteroatoms. The van der Waals surface area contributed by atoms with Crippen LogP contribution in [0.15, 0.2) is 60.7 Å². The molecule has 9 nitrogen and oxygen atoms in total. The van der Waals surface area contributed by atoms with Crippen molar-refractivity contribution in [2.45, 2.75) is 19.9 Å². The number of anilines is 1. The number of carbonyl (C=O) groups excluding carboxylic acids is 3. The van der Waals surface area contributed by atoms with E-state index in [-0.39, 0.29) is 23.2 Å². The maximum Gasteiger partial charge on any atom is 0.271 e. The van der Waals surface area contributed by atoms with Crippen molar-refractivity contribution >= 4 is 40.0 Å². The maximum absolute atomic E-state index is 13.4. The molecule has 41 heavy (non-hydrogen) atoms. The zero-order valence-corrected chi connectivity index (χ0v) is 21.9. The normalized spacial score (nSPS) is 10.8. The molecule has 3 N–H and O–H groups in total. The van der Waals surface area contributed by atoms with Crippen molar-refractivity contribution < 1.29 is 32.3 Å². The van der Waals surface area contributed by atoms with E-state index in [1.54, 1.807) is 38.1 Å². The summed E-state index contributed by atoms with van der Waals surface area (Å²) in [4.78, 5) is 46.2. The number of nitrogens with one attached hydrogen (secondary N) is 3. The molecule has 0 spiro atoms. The number of halogens is 3. The van der Waals surface area contributed by atoms with Crippen molar-refractivity contribution in [3.8, 4) is 11.5 Å². The van der Waals surface area contributed by atoms with E-state index in [4.69, 9.17) is 11.3 Å². The minimum absolute atomic E-state index is 0.108. The van der Waals surface area contributed by atoms with Gasteiger partial charge in [-0.1, -0.05) is 18.2 Å². The third-order valence-electron chi connectivity index (χ3n) is 5.72. The second-order valence-corrected chi connectivity index (χ2v) is 9.30. The topological polar surface area (TPSA) is 108 Å². The number of carbonyl (C=O) groups is 3. The van der Waals surface area contributed by atoms with E-state index in [1.807, 2.05) is 0 Å². The number of benzene rings is 3. The third kappa shape index (κ3) is 7.02. The van der Waals surface area contributed by atoms with Gasteiger partial charge in [-0.25, -0.2) is 18.0 Å². The van der Waals surface area contributed by atoms with Gasteiger partial charge in [-0.3, -0.25) is 14.4 Å². The van der Waals surface area contributed by atoms with E-state index in [1.165, 1.54) is 24.3 Å². The van der Waals surface area contributed by atoms with Gasteiger partial charge in [0.1, 0.15) is 30.3 Å². The largest absolute Gasteiger partial charge is 0.457 e. The number of H-pyrrole nitrogens is 1. The average molecular weight is 564 g/mol. The summed E-state index contributed by atoms with van der Waals surface area (Å²) >= 11 is 0. The summed E-state index contributed by atoms with van der Waals surface area (Å²) in [6.45, 7) is 9.98. The van der Waals surface area contributed by atoms with Gasteiger partial charge in [-0.05, 0) is 49.6 Å². The van der Waals surface area contributed by atoms with Crippen molar-refractivity contribution in [2.24, 2.45) is 0 Å². The minimum Gasteiger partial charge on any atom is -0.457 e. The predicted octanol–water partition coefficient (Wildman–Crippen LogP) is 5.53. The molecule has 0 unspecified atom stereocenters. The van der Waals surface area contributed by atoms with Gasteiger partial charge in [-0.2, -0.15) is 0 Å². The van der Waals surface area contributed by atoms with Crippen molar-refractivity contribution in [3.63, 3.8) is 0 Å². The molecule has 4 rings (SSSR count). The summed E-state index contributed by atoms with van der Waals surface area (Å²) in [6.07, 6.45) is 0. The second kappa shape index (κ2) is 12.3. The van der Waals surface area contributed by atoms with Crippen molar-refractivity contribution in [1.82, 2.24) is 15.2 Å². The Bertz CT molecular complexity index is 1640. The number of hydrogen-bond donors (Lipinski definition) is 3. The van der Waals surface area contributed by atoms with E-state index in [9.17, 15) is 27.6 Å². The first kappa shape index (κ1) is 28.7. The SMILES string of the molecule is [C-]#[N+]c1cccc2cc(C(=O)N(CC(=O)Nc3ccc(Oc4cc(F)c(F)c(F)c4)cc3)CC(=O)NC(C)C)[nH]c12. The molecule has 0 radical (unpaired) electrons. The fourth-order valence-corrected chi connectivity index (χ4v) is 3.97. The second-order valence-electron chi connectivity index (χ2n) is 9.30. The number of nitrogens with zero attached hydrogens (tertiary/aromatic N) is 2. The van der Waals surface area contributed by atoms with Gasteiger partial charge in [0.15, 0.2) is 17.5 Å². The Morgan fingerprint density at radius 1 is 0.951 bits per heavy atom. The summed E-state index contributed by atoms with van der Waals surface area (Å²) in [6, 6.07) is 13.5. The number of amides is 3. The van der Waals surface area contributed by atoms with Crippen LogP contribution in [0.25, 0.3) is 15.7 Å². The standard InChI is InChI=1S/C29H24F3N5O4/c1-16(2)34-25(38)14-37(29(40)24-11-17-5-4-6-23(33-3)28(17)36-24)15-26(39)35-18-7-9-19(10-8-18)41-20-12-21(30)27(32)22(31)13-20/h4-13,16,36H,14-15H2,1-2H3,(H,34,38)(H,35,39). The number of aromatic nitrogens is 1. The third-order valence-corrected chi connectivity index (χ3v) is 5.72. The lowest BCUT2D eigenvalue weighted by Crippen LogP contribution is -2.45. The molecule has 3 amide bonds. The molecule has 210 valence electrons. The minimum atomic E-state index is -1.61. The fourth-order valence-electron chi connectivity index (χ4n) is 3.97. The van der Waals surface area contributed by atoms with E-state index in [2.05, 4.69) is 20.5 Å². The summed E-state index contributed by atoms with van der Waals surface area (Å²) in [7, 11) is 0. The number of rotatable bonds is 9. The summed E-state index contributed by atoms with van der Waals surface area (Å²) in [5.74, 6) is -6.19. The summed E-state index contributed by atoms with van der Waals surface area (Å²) < 4.78 is 45.4. The first-order valence-corrected chi connectivity index (χ1v) is 12.3. The predicted molar refractivity (Wildman–Crippen MR) is 145 cm³/mol. The van der Waals surface area contributed by atoms with Crippen LogP contribution in [0.5, 0.6) is 11.5 Å². The molecule has 1 heterocycles. The summed E-state index contributed by atoms with van der Waals surface area (Å²) in [5.41, 5.74) is 1.21. The lowest BCUT2D eigenvalue weighted by Gasteiger charge is -2.22. The zero-order valence-electron chi connectivity index (χ0n) is 21.9.